The molecule has 0 spiro atoms. The number of rotatable bonds is 2. The molecule has 0 radical (unpaired) electrons. The van der Waals surface area contributed by atoms with E-state index < -0.39 is 11.9 Å². The SMILES string of the molecule is CC(C)(C)[C@@H]1CCc2sc(C(=O)N[C@H]3CCC(=O)NC3=O)cc2C1. The number of amides is 3. The highest BCUT2D eigenvalue weighted by Crippen LogP contribution is 2.40. The maximum absolute atomic E-state index is 12.5. The second-order valence-electron chi connectivity index (χ2n) is 7.84. The lowest BCUT2D eigenvalue weighted by Gasteiger charge is -2.33. The molecule has 3 rings (SSSR count). The summed E-state index contributed by atoms with van der Waals surface area (Å²) in [7, 11) is 0. The van der Waals surface area contributed by atoms with Crippen molar-refractivity contribution in [1.29, 1.82) is 0 Å². The van der Waals surface area contributed by atoms with E-state index in [0.717, 1.165) is 19.3 Å². The Kier molecular flexibility index (Phi) is 4.51. The molecular weight excluding hydrogens is 324 g/mol. The van der Waals surface area contributed by atoms with Crippen LogP contribution in [0.3, 0.4) is 0 Å². The van der Waals surface area contributed by atoms with Gasteiger partial charge in [0.1, 0.15) is 6.04 Å². The average Bonchev–Trinajstić information content (AvgIpc) is 2.92. The fourth-order valence-corrected chi connectivity index (χ4v) is 4.55. The molecule has 2 atom stereocenters. The highest BCUT2D eigenvalue weighted by molar-refractivity contribution is 7.14. The molecule has 2 heterocycles. The summed E-state index contributed by atoms with van der Waals surface area (Å²) in [5.41, 5.74) is 1.55. The summed E-state index contributed by atoms with van der Waals surface area (Å²) in [5, 5.41) is 5.03. The van der Waals surface area contributed by atoms with Gasteiger partial charge in [0.15, 0.2) is 0 Å². The molecule has 1 fully saturated rings. The zero-order chi connectivity index (χ0) is 17.5. The quantitative estimate of drug-likeness (QED) is 0.806. The molecule has 0 bridgehead atoms. The van der Waals surface area contributed by atoms with Crippen molar-refractivity contribution < 1.29 is 14.4 Å². The molecular formula is C18H24N2O3S. The van der Waals surface area contributed by atoms with Crippen molar-refractivity contribution in [3.63, 3.8) is 0 Å². The smallest absolute Gasteiger partial charge is 0.262 e. The van der Waals surface area contributed by atoms with Crippen LogP contribution in [0.4, 0.5) is 0 Å². The molecule has 0 aromatic carbocycles. The molecule has 2 N–H and O–H groups in total. The lowest BCUT2D eigenvalue weighted by molar-refractivity contribution is -0.134. The number of hydrogen-bond donors (Lipinski definition) is 2. The second-order valence-corrected chi connectivity index (χ2v) is 8.98. The maximum Gasteiger partial charge on any atom is 0.262 e. The largest absolute Gasteiger partial charge is 0.340 e. The zero-order valence-electron chi connectivity index (χ0n) is 14.4. The van der Waals surface area contributed by atoms with Gasteiger partial charge in [-0.25, -0.2) is 0 Å². The maximum atomic E-state index is 12.5. The van der Waals surface area contributed by atoms with Crippen molar-refractivity contribution in [3.05, 3.63) is 21.4 Å². The Morgan fingerprint density at radius 2 is 2.00 bits per heavy atom. The van der Waals surface area contributed by atoms with E-state index in [-0.39, 0.29) is 23.7 Å². The molecule has 5 nitrogen and oxygen atoms in total. The van der Waals surface area contributed by atoms with E-state index in [1.54, 1.807) is 0 Å². The Bertz CT molecular complexity index is 687. The summed E-state index contributed by atoms with van der Waals surface area (Å²) >= 11 is 1.54. The van der Waals surface area contributed by atoms with E-state index >= 15 is 0 Å². The van der Waals surface area contributed by atoms with Crippen LogP contribution in [0.1, 0.15) is 60.1 Å². The van der Waals surface area contributed by atoms with Crippen LogP contribution in [0, 0.1) is 11.3 Å². The number of nitrogens with one attached hydrogen (secondary N) is 2. The van der Waals surface area contributed by atoms with Gasteiger partial charge in [-0.1, -0.05) is 20.8 Å². The number of carbonyl (C=O) groups is 3. The highest BCUT2D eigenvalue weighted by Gasteiger charge is 2.32. The monoisotopic (exact) mass is 348 g/mol. The number of carbonyl (C=O) groups excluding carboxylic acids is 3. The van der Waals surface area contributed by atoms with E-state index in [4.69, 9.17) is 0 Å². The minimum Gasteiger partial charge on any atom is -0.340 e. The fraction of sp³-hybridized carbons (Fsp3) is 0.611. The van der Waals surface area contributed by atoms with Crippen molar-refractivity contribution in [1.82, 2.24) is 10.6 Å². The van der Waals surface area contributed by atoms with Gasteiger partial charge in [0.25, 0.3) is 5.91 Å². The van der Waals surface area contributed by atoms with Crippen molar-refractivity contribution >= 4 is 29.1 Å². The van der Waals surface area contributed by atoms with Gasteiger partial charge in [-0.2, -0.15) is 0 Å². The lowest BCUT2D eigenvalue weighted by atomic mass is 9.72. The Balaban J connectivity index is 1.68. The van der Waals surface area contributed by atoms with Crippen LogP contribution in [0.15, 0.2) is 6.07 Å². The molecule has 1 aromatic rings. The first kappa shape index (κ1) is 17.1. The molecule has 1 aromatic heterocycles. The Morgan fingerprint density at radius 1 is 1.25 bits per heavy atom. The van der Waals surface area contributed by atoms with Crippen molar-refractivity contribution in [2.45, 2.75) is 58.9 Å². The van der Waals surface area contributed by atoms with E-state index in [2.05, 4.69) is 31.4 Å². The zero-order valence-corrected chi connectivity index (χ0v) is 15.2. The van der Waals surface area contributed by atoms with Crippen LogP contribution in [-0.4, -0.2) is 23.8 Å². The lowest BCUT2D eigenvalue weighted by Crippen LogP contribution is -2.52. The topological polar surface area (TPSA) is 75.3 Å². The molecule has 0 saturated carbocycles. The van der Waals surface area contributed by atoms with Gasteiger partial charge in [0.2, 0.25) is 11.8 Å². The van der Waals surface area contributed by atoms with E-state index in [1.807, 2.05) is 6.07 Å². The van der Waals surface area contributed by atoms with Gasteiger partial charge in [-0.05, 0) is 48.6 Å². The number of imide groups is 1. The molecule has 24 heavy (non-hydrogen) atoms. The Labute approximate surface area is 146 Å². The normalized spacial score (nSPS) is 24.3. The first-order valence-corrected chi connectivity index (χ1v) is 9.32. The first-order valence-electron chi connectivity index (χ1n) is 8.50. The number of aryl methyl sites for hydroxylation is 1. The van der Waals surface area contributed by atoms with Gasteiger partial charge >= 0.3 is 0 Å². The van der Waals surface area contributed by atoms with Gasteiger partial charge < -0.3 is 5.32 Å². The van der Waals surface area contributed by atoms with Crippen LogP contribution in [-0.2, 0) is 22.4 Å². The number of hydrogen-bond acceptors (Lipinski definition) is 4. The molecule has 0 unspecified atom stereocenters. The predicted molar refractivity (Wildman–Crippen MR) is 92.9 cm³/mol. The summed E-state index contributed by atoms with van der Waals surface area (Å²) < 4.78 is 0. The summed E-state index contributed by atoms with van der Waals surface area (Å²) in [5.74, 6) is -0.263. The van der Waals surface area contributed by atoms with Gasteiger partial charge in [-0.15, -0.1) is 11.3 Å². The Hall–Kier alpha value is -1.69. The van der Waals surface area contributed by atoms with Gasteiger partial charge in [-0.3, -0.25) is 19.7 Å². The standard InChI is InChI=1S/C18H24N2O3S/c1-18(2,3)11-4-6-13-10(8-11)9-14(24-13)17(23)19-12-5-7-15(21)20-16(12)22/h9,11-12H,4-8H2,1-3H3,(H,19,23)(H,20,21,22)/t11-,12+/m1/s1. The fourth-order valence-electron chi connectivity index (χ4n) is 3.44. The second kappa shape index (κ2) is 6.31. The summed E-state index contributed by atoms with van der Waals surface area (Å²) in [4.78, 5) is 37.4. The summed E-state index contributed by atoms with van der Waals surface area (Å²) in [6.07, 6.45) is 3.83. The number of piperidine rings is 1. The van der Waals surface area contributed by atoms with Gasteiger partial charge in [0.05, 0.1) is 4.88 Å². The van der Waals surface area contributed by atoms with Crippen molar-refractivity contribution in [2.75, 3.05) is 0 Å². The minimum absolute atomic E-state index is 0.212. The molecule has 130 valence electrons. The van der Waals surface area contributed by atoms with Crippen LogP contribution >= 0.6 is 11.3 Å². The molecule has 2 aliphatic rings. The number of thiophene rings is 1. The summed E-state index contributed by atoms with van der Waals surface area (Å²) in [6, 6.07) is 1.37. The van der Waals surface area contributed by atoms with Gasteiger partial charge in [0, 0.05) is 11.3 Å². The molecule has 1 aliphatic heterocycles. The van der Waals surface area contributed by atoms with E-state index in [0.29, 0.717) is 17.2 Å². The van der Waals surface area contributed by atoms with Crippen molar-refractivity contribution in [3.8, 4) is 0 Å². The van der Waals surface area contributed by atoms with Crippen molar-refractivity contribution in [2.24, 2.45) is 11.3 Å². The minimum atomic E-state index is -0.614. The molecule has 6 heteroatoms. The van der Waals surface area contributed by atoms with E-state index in [9.17, 15) is 14.4 Å². The molecule has 1 aliphatic carbocycles. The predicted octanol–water partition coefficient (Wildman–Crippen LogP) is 2.43. The molecule has 1 saturated heterocycles. The van der Waals surface area contributed by atoms with Crippen LogP contribution in [0.5, 0.6) is 0 Å². The first-order chi connectivity index (χ1) is 11.2. The van der Waals surface area contributed by atoms with E-state index in [1.165, 1.54) is 21.8 Å². The molecule has 3 amide bonds. The Morgan fingerprint density at radius 3 is 2.67 bits per heavy atom. The van der Waals surface area contributed by atoms with Crippen LogP contribution in [0.25, 0.3) is 0 Å². The third-order valence-electron chi connectivity index (χ3n) is 5.08. The summed E-state index contributed by atoms with van der Waals surface area (Å²) in [6.45, 7) is 6.81. The third-order valence-corrected chi connectivity index (χ3v) is 6.31. The number of fused-ring (bicyclic) bond motifs is 1. The average molecular weight is 348 g/mol. The third kappa shape index (κ3) is 3.53. The van der Waals surface area contributed by atoms with Crippen LogP contribution in [0.2, 0.25) is 0 Å². The highest BCUT2D eigenvalue weighted by atomic mass is 32.1. The van der Waals surface area contributed by atoms with Crippen LogP contribution < -0.4 is 10.6 Å².